The van der Waals surface area contributed by atoms with Crippen LogP contribution >= 0.6 is 0 Å². The third kappa shape index (κ3) is 8.11. The van der Waals surface area contributed by atoms with E-state index in [1.807, 2.05) is 38.1 Å². The van der Waals surface area contributed by atoms with Gasteiger partial charge in [0.05, 0.1) is 7.11 Å². The molecule has 0 aliphatic carbocycles. The van der Waals surface area contributed by atoms with E-state index in [0.717, 1.165) is 0 Å². The molecule has 6 nitrogen and oxygen atoms in total. The van der Waals surface area contributed by atoms with Crippen LogP contribution < -0.4 is 10.6 Å². The summed E-state index contributed by atoms with van der Waals surface area (Å²) in [5.74, 6) is -0.560. The first-order valence-electron chi connectivity index (χ1n) is 9.80. The molecule has 0 radical (unpaired) electrons. The van der Waals surface area contributed by atoms with Crippen molar-refractivity contribution in [1.82, 2.24) is 10.6 Å². The summed E-state index contributed by atoms with van der Waals surface area (Å²) < 4.78 is 4.74. The van der Waals surface area contributed by atoms with Crippen molar-refractivity contribution in [1.29, 1.82) is 0 Å². The first-order valence-corrected chi connectivity index (χ1v) is 9.80. The van der Waals surface area contributed by atoms with Gasteiger partial charge in [0.2, 0.25) is 5.91 Å². The average Bonchev–Trinajstić information content (AvgIpc) is 2.62. The highest BCUT2D eigenvalue weighted by molar-refractivity contribution is 5.94. The summed E-state index contributed by atoms with van der Waals surface area (Å²) in [4.78, 5) is 36.0. The van der Waals surface area contributed by atoms with Gasteiger partial charge in [-0.05, 0) is 41.9 Å². The van der Waals surface area contributed by atoms with Gasteiger partial charge < -0.3 is 15.4 Å². The van der Waals surface area contributed by atoms with Crippen molar-refractivity contribution < 1.29 is 19.1 Å². The molecule has 0 unspecified atom stereocenters. The van der Waals surface area contributed by atoms with E-state index in [0.29, 0.717) is 24.9 Å². The average molecular weight is 391 g/mol. The van der Waals surface area contributed by atoms with Gasteiger partial charge in [-0.15, -0.1) is 0 Å². The molecule has 2 amide bonds. The van der Waals surface area contributed by atoms with E-state index in [1.165, 1.54) is 12.7 Å². The number of amides is 2. The summed E-state index contributed by atoms with van der Waals surface area (Å²) in [6, 6.07) is 6.92. The Morgan fingerprint density at radius 3 is 2.18 bits per heavy atom. The maximum atomic E-state index is 12.2. The highest BCUT2D eigenvalue weighted by Gasteiger charge is 2.22. The molecule has 0 spiro atoms. The van der Waals surface area contributed by atoms with Gasteiger partial charge in [0.1, 0.15) is 6.04 Å². The summed E-state index contributed by atoms with van der Waals surface area (Å²) in [6.07, 6.45) is 1.25. The van der Waals surface area contributed by atoms with Crippen LogP contribution in [0.2, 0.25) is 0 Å². The van der Waals surface area contributed by atoms with Gasteiger partial charge >= 0.3 is 5.97 Å². The quantitative estimate of drug-likeness (QED) is 0.501. The van der Waals surface area contributed by atoms with E-state index in [-0.39, 0.29) is 29.6 Å². The number of nitrogens with one attached hydrogen (secondary N) is 2. The predicted octanol–water partition coefficient (Wildman–Crippen LogP) is 3.20. The van der Waals surface area contributed by atoms with Crippen LogP contribution in [0.25, 0.3) is 0 Å². The molecule has 1 rings (SSSR count). The largest absolute Gasteiger partial charge is 0.467 e. The normalized spacial score (nSPS) is 12.4. The molecule has 0 aliphatic heterocycles. The van der Waals surface area contributed by atoms with Crippen LogP contribution in [0.3, 0.4) is 0 Å². The Hall–Kier alpha value is -2.37. The van der Waals surface area contributed by atoms with Gasteiger partial charge in [0.25, 0.3) is 5.91 Å². The molecule has 0 aliphatic rings. The smallest absolute Gasteiger partial charge is 0.328 e. The second kappa shape index (κ2) is 10.8. The van der Waals surface area contributed by atoms with Crippen molar-refractivity contribution in [2.24, 2.45) is 5.92 Å². The van der Waals surface area contributed by atoms with Crippen LogP contribution in [0.4, 0.5) is 0 Å². The highest BCUT2D eigenvalue weighted by Crippen LogP contribution is 2.22. The van der Waals surface area contributed by atoms with E-state index in [9.17, 15) is 14.4 Å². The lowest BCUT2D eigenvalue weighted by Gasteiger charge is -2.19. The standard InChI is InChI=1S/C22H34N2O4/c1-15(2)14-18(21(27)28-6)24-19(25)8-7-13-23-20(26)16-9-11-17(12-10-16)22(3,4)5/h9-12,15,18H,7-8,13-14H2,1-6H3,(H,23,26)(H,24,25)/t18-/m0/s1. The van der Waals surface area contributed by atoms with Crippen LogP contribution in [0.1, 0.15) is 69.8 Å². The lowest BCUT2D eigenvalue weighted by molar-refractivity contribution is -0.145. The molecular weight excluding hydrogens is 356 g/mol. The molecule has 2 N–H and O–H groups in total. The van der Waals surface area contributed by atoms with Gasteiger partial charge in [-0.25, -0.2) is 4.79 Å². The minimum Gasteiger partial charge on any atom is -0.467 e. The fourth-order valence-electron chi connectivity index (χ4n) is 2.77. The zero-order chi connectivity index (χ0) is 21.3. The predicted molar refractivity (Wildman–Crippen MR) is 110 cm³/mol. The van der Waals surface area contributed by atoms with Crippen LogP contribution in [-0.4, -0.2) is 37.5 Å². The molecule has 1 aromatic rings. The molecule has 1 aromatic carbocycles. The first-order chi connectivity index (χ1) is 13.0. The number of methoxy groups -OCH3 is 1. The van der Waals surface area contributed by atoms with Crippen molar-refractivity contribution in [2.75, 3.05) is 13.7 Å². The molecule has 0 bridgehead atoms. The number of ether oxygens (including phenoxy) is 1. The van der Waals surface area contributed by atoms with Gasteiger partial charge in [0.15, 0.2) is 0 Å². The Balaban J connectivity index is 2.41. The van der Waals surface area contributed by atoms with Crippen molar-refractivity contribution in [3.05, 3.63) is 35.4 Å². The van der Waals surface area contributed by atoms with E-state index in [1.54, 1.807) is 0 Å². The Morgan fingerprint density at radius 2 is 1.68 bits per heavy atom. The summed E-state index contributed by atoms with van der Waals surface area (Å²) in [7, 11) is 1.31. The molecule has 6 heteroatoms. The number of carbonyl (C=O) groups is 3. The maximum Gasteiger partial charge on any atom is 0.328 e. The number of hydrogen-bond donors (Lipinski definition) is 2. The third-order valence-electron chi connectivity index (χ3n) is 4.41. The van der Waals surface area contributed by atoms with Crippen LogP contribution in [0, 0.1) is 5.92 Å². The third-order valence-corrected chi connectivity index (χ3v) is 4.41. The minimum atomic E-state index is -0.631. The second-order valence-corrected chi connectivity index (χ2v) is 8.46. The number of esters is 1. The maximum absolute atomic E-state index is 12.2. The summed E-state index contributed by atoms with van der Waals surface area (Å²) >= 11 is 0. The van der Waals surface area contributed by atoms with Crippen LogP contribution in [-0.2, 0) is 19.7 Å². The van der Waals surface area contributed by atoms with E-state index < -0.39 is 12.0 Å². The SMILES string of the molecule is COC(=O)[C@H](CC(C)C)NC(=O)CCCNC(=O)c1ccc(C(C)(C)C)cc1. The molecule has 0 saturated heterocycles. The zero-order valence-electron chi connectivity index (χ0n) is 17.9. The van der Waals surface area contributed by atoms with Crippen LogP contribution in [0.5, 0.6) is 0 Å². The lowest BCUT2D eigenvalue weighted by atomic mass is 9.87. The van der Waals surface area contributed by atoms with Crippen molar-refractivity contribution in [2.45, 2.75) is 65.3 Å². The summed E-state index contributed by atoms with van der Waals surface area (Å²) in [5.41, 5.74) is 1.81. The fourth-order valence-corrected chi connectivity index (χ4v) is 2.77. The molecule has 156 valence electrons. The van der Waals surface area contributed by atoms with E-state index in [2.05, 4.69) is 31.4 Å². The Bertz CT molecular complexity index is 660. The minimum absolute atomic E-state index is 0.0417. The molecule has 0 saturated carbocycles. The monoisotopic (exact) mass is 390 g/mol. The Kier molecular flexibility index (Phi) is 9.16. The fraction of sp³-hybridized carbons (Fsp3) is 0.591. The van der Waals surface area contributed by atoms with Crippen molar-refractivity contribution >= 4 is 17.8 Å². The number of hydrogen-bond acceptors (Lipinski definition) is 4. The van der Waals surface area contributed by atoms with Gasteiger partial charge in [-0.1, -0.05) is 46.8 Å². The highest BCUT2D eigenvalue weighted by atomic mass is 16.5. The van der Waals surface area contributed by atoms with Crippen molar-refractivity contribution in [3.8, 4) is 0 Å². The lowest BCUT2D eigenvalue weighted by Crippen LogP contribution is -2.42. The molecule has 0 heterocycles. The molecule has 28 heavy (non-hydrogen) atoms. The van der Waals surface area contributed by atoms with Crippen LogP contribution in [0.15, 0.2) is 24.3 Å². The van der Waals surface area contributed by atoms with E-state index >= 15 is 0 Å². The summed E-state index contributed by atoms with van der Waals surface area (Å²) in [6.45, 7) is 10.7. The molecular formula is C22H34N2O4. The summed E-state index contributed by atoms with van der Waals surface area (Å²) in [5, 5.41) is 5.53. The van der Waals surface area contributed by atoms with Crippen molar-refractivity contribution in [3.63, 3.8) is 0 Å². The number of rotatable bonds is 9. The van der Waals surface area contributed by atoms with Gasteiger partial charge in [-0.3, -0.25) is 9.59 Å². The van der Waals surface area contributed by atoms with Gasteiger partial charge in [0, 0.05) is 18.5 Å². The number of carbonyl (C=O) groups excluding carboxylic acids is 3. The Morgan fingerprint density at radius 1 is 1.07 bits per heavy atom. The molecule has 0 fully saturated rings. The molecule has 0 aromatic heterocycles. The van der Waals surface area contributed by atoms with E-state index in [4.69, 9.17) is 4.74 Å². The number of benzene rings is 1. The molecule has 1 atom stereocenters. The second-order valence-electron chi connectivity index (χ2n) is 8.46. The Labute approximate surface area is 168 Å². The topological polar surface area (TPSA) is 84.5 Å². The first kappa shape index (κ1) is 23.7. The van der Waals surface area contributed by atoms with Gasteiger partial charge in [-0.2, -0.15) is 0 Å². The zero-order valence-corrected chi connectivity index (χ0v) is 17.9.